The van der Waals surface area contributed by atoms with Gasteiger partial charge < -0.3 is 11.1 Å². The molecule has 17 heavy (non-hydrogen) atoms. The fourth-order valence-corrected chi connectivity index (χ4v) is 3.83. The first kappa shape index (κ1) is 13.4. The van der Waals surface area contributed by atoms with Crippen molar-refractivity contribution in [2.24, 2.45) is 23.0 Å². The fraction of sp³-hybridized carbons (Fsp3) is 1.00. The standard InChI is InChI=1S/C15H30N2/c1-15(8-4-5-9-15)12-17-11-14-7-3-2-6-13(14)10-16/h13-14,17H,2-12,16H2,1H3. The third-order valence-corrected chi connectivity index (χ3v) is 5.14. The molecule has 2 aliphatic rings. The molecule has 100 valence electrons. The van der Waals surface area contributed by atoms with Crippen molar-refractivity contribution < 1.29 is 0 Å². The molecule has 0 saturated heterocycles. The predicted molar refractivity (Wildman–Crippen MR) is 73.9 cm³/mol. The van der Waals surface area contributed by atoms with Crippen LogP contribution < -0.4 is 11.1 Å². The molecule has 2 rings (SSSR count). The summed E-state index contributed by atoms with van der Waals surface area (Å²) in [6, 6.07) is 0. The lowest BCUT2D eigenvalue weighted by Crippen LogP contribution is -2.38. The lowest BCUT2D eigenvalue weighted by molar-refractivity contribution is 0.221. The van der Waals surface area contributed by atoms with Crippen molar-refractivity contribution in [1.29, 1.82) is 0 Å². The Hall–Kier alpha value is -0.0800. The van der Waals surface area contributed by atoms with Gasteiger partial charge in [-0.05, 0) is 56.0 Å². The minimum Gasteiger partial charge on any atom is -0.330 e. The Bertz CT molecular complexity index is 221. The highest BCUT2D eigenvalue weighted by molar-refractivity contribution is 4.84. The van der Waals surface area contributed by atoms with E-state index in [9.17, 15) is 0 Å². The van der Waals surface area contributed by atoms with Gasteiger partial charge in [-0.25, -0.2) is 0 Å². The van der Waals surface area contributed by atoms with E-state index < -0.39 is 0 Å². The van der Waals surface area contributed by atoms with Gasteiger partial charge >= 0.3 is 0 Å². The number of nitrogens with one attached hydrogen (secondary N) is 1. The zero-order chi connectivity index (χ0) is 12.1. The highest BCUT2D eigenvalue weighted by Crippen LogP contribution is 2.37. The van der Waals surface area contributed by atoms with E-state index in [1.807, 2.05) is 0 Å². The van der Waals surface area contributed by atoms with E-state index in [4.69, 9.17) is 5.73 Å². The molecule has 2 aliphatic carbocycles. The Balaban J connectivity index is 1.69. The highest BCUT2D eigenvalue weighted by Gasteiger charge is 2.29. The monoisotopic (exact) mass is 238 g/mol. The van der Waals surface area contributed by atoms with Crippen LogP contribution in [0.1, 0.15) is 58.3 Å². The van der Waals surface area contributed by atoms with Crippen molar-refractivity contribution in [3.63, 3.8) is 0 Å². The maximum absolute atomic E-state index is 5.89. The molecule has 2 heteroatoms. The fourth-order valence-electron chi connectivity index (χ4n) is 3.83. The van der Waals surface area contributed by atoms with Gasteiger partial charge in [0, 0.05) is 6.54 Å². The largest absolute Gasteiger partial charge is 0.330 e. The van der Waals surface area contributed by atoms with Crippen molar-refractivity contribution in [2.75, 3.05) is 19.6 Å². The Morgan fingerprint density at radius 3 is 2.35 bits per heavy atom. The van der Waals surface area contributed by atoms with Gasteiger partial charge in [-0.1, -0.05) is 32.6 Å². The molecule has 0 amide bonds. The smallest absolute Gasteiger partial charge is 0.000528 e. The van der Waals surface area contributed by atoms with Crippen molar-refractivity contribution in [3.8, 4) is 0 Å². The predicted octanol–water partition coefficient (Wildman–Crippen LogP) is 2.92. The number of hydrogen-bond donors (Lipinski definition) is 2. The Morgan fingerprint density at radius 1 is 1.06 bits per heavy atom. The second-order valence-electron chi connectivity index (χ2n) is 6.69. The summed E-state index contributed by atoms with van der Waals surface area (Å²) in [6.45, 7) is 5.77. The molecule has 3 N–H and O–H groups in total. The molecule has 0 aliphatic heterocycles. The van der Waals surface area contributed by atoms with E-state index >= 15 is 0 Å². The molecule has 0 aromatic carbocycles. The molecule has 0 aromatic heterocycles. The quantitative estimate of drug-likeness (QED) is 0.773. The molecule has 0 radical (unpaired) electrons. The Kier molecular flexibility index (Phi) is 4.87. The first-order valence-corrected chi connectivity index (χ1v) is 7.64. The van der Waals surface area contributed by atoms with Crippen LogP contribution in [0.2, 0.25) is 0 Å². The molecule has 0 heterocycles. The maximum Gasteiger partial charge on any atom is 0.000528 e. The summed E-state index contributed by atoms with van der Waals surface area (Å²) in [5.74, 6) is 1.63. The summed E-state index contributed by atoms with van der Waals surface area (Å²) in [7, 11) is 0. The van der Waals surface area contributed by atoms with E-state index in [-0.39, 0.29) is 0 Å². The van der Waals surface area contributed by atoms with Crippen molar-refractivity contribution in [2.45, 2.75) is 58.3 Å². The lowest BCUT2D eigenvalue weighted by Gasteiger charge is -2.32. The second-order valence-corrected chi connectivity index (χ2v) is 6.69. The lowest BCUT2D eigenvalue weighted by atomic mass is 9.79. The second kappa shape index (κ2) is 6.19. The van der Waals surface area contributed by atoms with Crippen LogP contribution in [0.4, 0.5) is 0 Å². The molecule has 0 spiro atoms. The van der Waals surface area contributed by atoms with Crippen LogP contribution in [0.5, 0.6) is 0 Å². The van der Waals surface area contributed by atoms with E-state index in [0.717, 1.165) is 18.4 Å². The summed E-state index contributed by atoms with van der Waals surface area (Å²) in [5.41, 5.74) is 6.48. The van der Waals surface area contributed by atoms with Crippen LogP contribution >= 0.6 is 0 Å². The summed E-state index contributed by atoms with van der Waals surface area (Å²) < 4.78 is 0. The van der Waals surface area contributed by atoms with Gasteiger partial charge in [-0.15, -0.1) is 0 Å². The van der Waals surface area contributed by atoms with Gasteiger partial charge in [0.15, 0.2) is 0 Å². The third kappa shape index (κ3) is 3.69. The van der Waals surface area contributed by atoms with Gasteiger partial charge in [0.25, 0.3) is 0 Å². The summed E-state index contributed by atoms with van der Waals surface area (Å²) >= 11 is 0. The molecule has 2 unspecified atom stereocenters. The molecule has 0 aromatic rings. The molecule has 0 bridgehead atoms. The van der Waals surface area contributed by atoms with Crippen LogP contribution in [-0.2, 0) is 0 Å². The van der Waals surface area contributed by atoms with Gasteiger partial charge in [0.1, 0.15) is 0 Å². The summed E-state index contributed by atoms with van der Waals surface area (Å²) in [6.07, 6.45) is 11.3. The maximum atomic E-state index is 5.89. The van der Waals surface area contributed by atoms with Crippen LogP contribution in [0.15, 0.2) is 0 Å². The molecule has 2 fully saturated rings. The summed E-state index contributed by atoms with van der Waals surface area (Å²) in [5, 5.41) is 3.75. The number of nitrogens with two attached hydrogens (primary N) is 1. The van der Waals surface area contributed by atoms with E-state index in [2.05, 4.69) is 12.2 Å². The average Bonchev–Trinajstić information content (AvgIpc) is 2.77. The Morgan fingerprint density at radius 2 is 1.71 bits per heavy atom. The minimum atomic E-state index is 0.590. The highest BCUT2D eigenvalue weighted by atomic mass is 14.9. The molecular formula is C15H30N2. The number of rotatable bonds is 5. The van der Waals surface area contributed by atoms with E-state index in [1.165, 1.54) is 64.5 Å². The van der Waals surface area contributed by atoms with Crippen molar-refractivity contribution in [3.05, 3.63) is 0 Å². The molecular weight excluding hydrogens is 208 g/mol. The van der Waals surface area contributed by atoms with Gasteiger partial charge in [-0.3, -0.25) is 0 Å². The molecule has 2 atom stereocenters. The van der Waals surface area contributed by atoms with Gasteiger partial charge in [-0.2, -0.15) is 0 Å². The van der Waals surface area contributed by atoms with Crippen LogP contribution in [0.25, 0.3) is 0 Å². The molecule has 2 saturated carbocycles. The van der Waals surface area contributed by atoms with E-state index in [0.29, 0.717) is 5.41 Å². The van der Waals surface area contributed by atoms with Gasteiger partial charge in [0.2, 0.25) is 0 Å². The van der Waals surface area contributed by atoms with Crippen molar-refractivity contribution >= 4 is 0 Å². The summed E-state index contributed by atoms with van der Waals surface area (Å²) in [4.78, 5) is 0. The SMILES string of the molecule is CC1(CNCC2CCCCC2CN)CCCC1. The third-order valence-electron chi connectivity index (χ3n) is 5.14. The zero-order valence-electron chi connectivity index (χ0n) is 11.5. The Labute approximate surface area is 107 Å². The first-order valence-electron chi connectivity index (χ1n) is 7.64. The topological polar surface area (TPSA) is 38.0 Å². The van der Waals surface area contributed by atoms with Crippen LogP contribution in [0.3, 0.4) is 0 Å². The van der Waals surface area contributed by atoms with Gasteiger partial charge in [0.05, 0.1) is 0 Å². The average molecular weight is 238 g/mol. The molecule has 2 nitrogen and oxygen atoms in total. The first-order chi connectivity index (χ1) is 8.23. The van der Waals surface area contributed by atoms with Crippen molar-refractivity contribution in [1.82, 2.24) is 5.32 Å². The van der Waals surface area contributed by atoms with Crippen LogP contribution in [0, 0.1) is 17.3 Å². The normalized spacial score (nSPS) is 32.8. The zero-order valence-corrected chi connectivity index (χ0v) is 11.5. The minimum absolute atomic E-state index is 0.590. The number of hydrogen-bond acceptors (Lipinski definition) is 2. The van der Waals surface area contributed by atoms with Crippen LogP contribution in [-0.4, -0.2) is 19.6 Å². The van der Waals surface area contributed by atoms with E-state index in [1.54, 1.807) is 0 Å².